The minimum absolute atomic E-state index is 0.468. The highest BCUT2D eigenvalue weighted by Crippen LogP contribution is 2.13. The van der Waals surface area contributed by atoms with Crippen LogP contribution in [0.4, 0.5) is 5.82 Å². The van der Waals surface area contributed by atoms with Gasteiger partial charge in [0.25, 0.3) is 0 Å². The van der Waals surface area contributed by atoms with E-state index in [-0.39, 0.29) is 0 Å². The average molecular weight is 303 g/mol. The molecule has 0 saturated carbocycles. The molecule has 0 radical (unpaired) electrons. The summed E-state index contributed by atoms with van der Waals surface area (Å²) < 4.78 is 0. The standard InChI is InChI=1S/C16H21N3OS/c1-16(20,12-21-2)11-18-14-8-9-17-15(19-14)10-13-6-4-3-5-7-13/h3-9,20H,10-12H2,1-2H3,(H,17,18,19). The third-order valence-corrected chi connectivity index (χ3v) is 3.93. The molecule has 0 amide bonds. The molecule has 4 nitrogen and oxygen atoms in total. The van der Waals surface area contributed by atoms with Crippen LogP contribution in [0.5, 0.6) is 0 Å². The number of aliphatic hydroxyl groups is 1. The summed E-state index contributed by atoms with van der Waals surface area (Å²) in [4.78, 5) is 8.79. The van der Waals surface area contributed by atoms with Crippen molar-refractivity contribution >= 4 is 17.6 Å². The van der Waals surface area contributed by atoms with Crippen molar-refractivity contribution in [3.63, 3.8) is 0 Å². The van der Waals surface area contributed by atoms with Crippen LogP contribution in [0.25, 0.3) is 0 Å². The first-order valence-corrected chi connectivity index (χ1v) is 8.29. The fourth-order valence-corrected chi connectivity index (χ4v) is 2.73. The second-order valence-corrected chi connectivity index (χ2v) is 6.17. The molecular weight excluding hydrogens is 282 g/mol. The topological polar surface area (TPSA) is 58.0 Å². The van der Waals surface area contributed by atoms with E-state index in [2.05, 4.69) is 27.4 Å². The molecule has 21 heavy (non-hydrogen) atoms. The van der Waals surface area contributed by atoms with Crippen LogP contribution in [0.1, 0.15) is 18.3 Å². The number of hydrogen-bond donors (Lipinski definition) is 2. The van der Waals surface area contributed by atoms with Crippen molar-refractivity contribution in [2.75, 3.05) is 23.9 Å². The van der Waals surface area contributed by atoms with Crippen LogP contribution in [0.2, 0.25) is 0 Å². The smallest absolute Gasteiger partial charge is 0.135 e. The number of thioether (sulfide) groups is 1. The van der Waals surface area contributed by atoms with Crippen molar-refractivity contribution in [1.29, 1.82) is 0 Å². The number of aromatic nitrogens is 2. The molecule has 2 rings (SSSR count). The molecule has 1 aromatic carbocycles. The summed E-state index contributed by atoms with van der Waals surface area (Å²) in [5.41, 5.74) is 0.438. The quantitative estimate of drug-likeness (QED) is 0.823. The van der Waals surface area contributed by atoms with E-state index in [0.29, 0.717) is 18.7 Å². The minimum Gasteiger partial charge on any atom is -0.387 e. The Hall–Kier alpha value is -1.59. The Labute approximate surface area is 130 Å². The van der Waals surface area contributed by atoms with E-state index in [9.17, 15) is 5.11 Å². The predicted octanol–water partition coefficient (Wildman–Crippen LogP) is 2.59. The lowest BCUT2D eigenvalue weighted by molar-refractivity contribution is 0.0996. The zero-order valence-corrected chi connectivity index (χ0v) is 13.2. The second-order valence-electron chi connectivity index (χ2n) is 5.30. The highest BCUT2D eigenvalue weighted by molar-refractivity contribution is 7.98. The maximum Gasteiger partial charge on any atom is 0.135 e. The van der Waals surface area contributed by atoms with Gasteiger partial charge in [0.2, 0.25) is 0 Å². The van der Waals surface area contributed by atoms with E-state index >= 15 is 0 Å². The van der Waals surface area contributed by atoms with Crippen LogP contribution in [0, 0.1) is 0 Å². The van der Waals surface area contributed by atoms with Gasteiger partial charge < -0.3 is 10.4 Å². The van der Waals surface area contributed by atoms with Crippen molar-refractivity contribution in [1.82, 2.24) is 9.97 Å². The molecule has 0 spiro atoms. The Balaban J connectivity index is 1.98. The monoisotopic (exact) mass is 303 g/mol. The summed E-state index contributed by atoms with van der Waals surface area (Å²) in [6, 6.07) is 12.0. The first-order valence-electron chi connectivity index (χ1n) is 6.90. The van der Waals surface area contributed by atoms with Gasteiger partial charge in [0, 0.05) is 24.9 Å². The maximum absolute atomic E-state index is 10.2. The fourth-order valence-electron chi connectivity index (χ4n) is 2.00. The van der Waals surface area contributed by atoms with Crippen LogP contribution in [0.3, 0.4) is 0 Å². The Kier molecular flexibility index (Phi) is 5.59. The molecule has 1 aromatic heterocycles. The second kappa shape index (κ2) is 7.43. The number of nitrogens with zero attached hydrogens (tertiary/aromatic N) is 2. The lowest BCUT2D eigenvalue weighted by atomic mass is 10.1. The van der Waals surface area contributed by atoms with E-state index < -0.39 is 5.60 Å². The van der Waals surface area contributed by atoms with Crippen molar-refractivity contribution in [3.8, 4) is 0 Å². The van der Waals surface area contributed by atoms with Crippen LogP contribution >= 0.6 is 11.8 Å². The number of rotatable bonds is 7. The average Bonchev–Trinajstić information content (AvgIpc) is 2.47. The molecule has 1 unspecified atom stereocenters. The summed E-state index contributed by atoms with van der Waals surface area (Å²) in [6.07, 6.45) is 4.44. The molecule has 0 aliphatic heterocycles. The zero-order valence-electron chi connectivity index (χ0n) is 12.4. The van der Waals surface area contributed by atoms with Gasteiger partial charge in [-0.1, -0.05) is 30.3 Å². The lowest BCUT2D eigenvalue weighted by Crippen LogP contribution is -2.36. The molecule has 2 N–H and O–H groups in total. The molecule has 1 heterocycles. The summed E-state index contributed by atoms with van der Waals surface area (Å²) in [5, 5.41) is 13.3. The van der Waals surface area contributed by atoms with Crippen molar-refractivity contribution in [3.05, 3.63) is 54.0 Å². The van der Waals surface area contributed by atoms with E-state index in [1.54, 1.807) is 18.0 Å². The predicted molar refractivity (Wildman–Crippen MR) is 88.8 cm³/mol. The molecule has 2 aromatic rings. The van der Waals surface area contributed by atoms with Gasteiger partial charge in [0.05, 0.1) is 5.60 Å². The number of nitrogens with one attached hydrogen (secondary N) is 1. The third kappa shape index (κ3) is 5.36. The van der Waals surface area contributed by atoms with Crippen LogP contribution in [0.15, 0.2) is 42.6 Å². The Morgan fingerprint density at radius 1 is 1.24 bits per heavy atom. The molecule has 0 fully saturated rings. The van der Waals surface area contributed by atoms with Crippen molar-refractivity contribution in [2.45, 2.75) is 18.9 Å². The van der Waals surface area contributed by atoms with Crippen LogP contribution < -0.4 is 5.32 Å². The maximum atomic E-state index is 10.2. The van der Waals surface area contributed by atoms with E-state index in [4.69, 9.17) is 0 Å². The van der Waals surface area contributed by atoms with Gasteiger partial charge >= 0.3 is 0 Å². The zero-order chi connectivity index (χ0) is 15.1. The number of hydrogen-bond acceptors (Lipinski definition) is 5. The molecule has 1 atom stereocenters. The van der Waals surface area contributed by atoms with Gasteiger partial charge in [-0.15, -0.1) is 0 Å². The first-order chi connectivity index (χ1) is 10.1. The van der Waals surface area contributed by atoms with Crippen LogP contribution in [-0.4, -0.2) is 39.2 Å². The van der Waals surface area contributed by atoms with E-state index in [1.807, 2.05) is 37.4 Å². The third-order valence-electron chi connectivity index (χ3n) is 3.02. The molecule has 0 saturated heterocycles. The fraction of sp³-hybridized carbons (Fsp3) is 0.375. The van der Waals surface area contributed by atoms with Crippen molar-refractivity contribution in [2.24, 2.45) is 0 Å². The minimum atomic E-state index is -0.746. The first kappa shape index (κ1) is 15.8. The van der Waals surface area contributed by atoms with Crippen molar-refractivity contribution < 1.29 is 5.11 Å². The normalized spacial score (nSPS) is 13.7. The van der Waals surface area contributed by atoms with Gasteiger partial charge in [-0.3, -0.25) is 0 Å². The number of benzene rings is 1. The van der Waals surface area contributed by atoms with Gasteiger partial charge in [-0.25, -0.2) is 9.97 Å². The Morgan fingerprint density at radius 2 is 2.00 bits per heavy atom. The molecule has 0 bridgehead atoms. The molecule has 5 heteroatoms. The highest BCUT2D eigenvalue weighted by atomic mass is 32.2. The van der Waals surface area contributed by atoms with Gasteiger partial charge in [-0.05, 0) is 24.8 Å². The van der Waals surface area contributed by atoms with E-state index in [0.717, 1.165) is 11.6 Å². The SMILES string of the molecule is CSCC(C)(O)CNc1ccnc(Cc2ccccc2)n1. The van der Waals surface area contributed by atoms with Gasteiger partial charge in [0.15, 0.2) is 0 Å². The highest BCUT2D eigenvalue weighted by Gasteiger charge is 2.19. The molecule has 0 aliphatic rings. The van der Waals surface area contributed by atoms with Crippen LogP contribution in [-0.2, 0) is 6.42 Å². The summed E-state index contributed by atoms with van der Waals surface area (Å²) in [5.74, 6) is 2.20. The largest absolute Gasteiger partial charge is 0.387 e. The molecule has 0 aliphatic carbocycles. The van der Waals surface area contributed by atoms with Gasteiger partial charge in [-0.2, -0.15) is 11.8 Å². The van der Waals surface area contributed by atoms with E-state index in [1.165, 1.54) is 5.56 Å². The number of anilines is 1. The summed E-state index contributed by atoms with van der Waals surface area (Å²) in [7, 11) is 0. The Morgan fingerprint density at radius 3 is 2.71 bits per heavy atom. The lowest BCUT2D eigenvalue weighted by Gasteiger charge is -2.22. The molecule has 112 valence electrons. The summed E-state index contributed by atoms with van der Waals surface area (Å²) in [6.45, 7) is 2.29. The summed E-state index contributed by atoms with van der Waals surface area (Å²) >= 11 is 1.63. The van der Waals surface area contributed by atoms with Gasteiger partial charge in [0.1, 0.15) is 11.6 Å². The molecular formula is C16H21N3OS. The Bertz CT molecular complexity index is 560.